The van der Waals surface area contributed by atoms with Crippen molar-refractivity contribution < 1.29 is 4.74 Å². The zero-order valence-electron chi connectivity index (χ0n) is 7.23. The van der Waals surface area contributed by atoms with Crippen LogP contribution in [0.25, 0.3) is 0 Å². The fraction of sp³-hybridized carbons (Fsp3) is 0.400. The Hall–Kier alpha value is -0.690. The van der Waals surface area contributed by atoms with Crippen molar-refractivity contribution in [2.24, 2.45) is 0 Å². The first-order chi connectivity index (χ1) is 5.61. The molecule has 0 saturated carbocycles. The molecular weight excluding hydrogens is 172 g/mol. The van der Waals surface area contributed by atoms with Gasteiger partial charge in [0.05, 0.1) is 11.6 Å². The molecule has 0 bridgehead atoms. The van der Waals surface area contributed by atoms with Crippen molar-refractivity contribution in [1.29, 1.82) is 0 Å². The minimum absolute atomic E-state index is 0.111. The number of rotatable bonds is 0. The quantitative estimate of drug-likeness (QED) is 0.600. The van der Waals surface area contributed by atoms with E-state index in [2.05, 4.69) is 19.9 Å². The zero-order valence-corrected chi connectivity index (χ0v) is 7.98. The SMILES string of the molecule is CC1(C)COc2c(Cl)cccc21. The van der Waals surface area contributed by atoms with Gasteiger partial charge in [-0.25, -0.2) is 0 Å². The van der Waals surface area contributed by atoms with E-state index in [1.807, 2.05) is 12.1 Å². The molecule has 0 spiro atoms. The Morgan fingerprint density at radius 2 is 2.17 bits per heavy atom. The van der Waals surface area contributed by atoms with E-state index in [-0.39, 0.29) is 5.41 Å². The first-order valence-electron chi connectivity index (χ1n) is 4.03. The monoisotopic (exact) mass is 182 g/mol. The molecule has 0 aromatic heterocycles. The molecular formula is C10H11ClO. The second-order valence-electron chi connectivity index (χ2n) is 3.79. The number of hydrogen-bond donors (Lipinski definition) is 0. The molecule has 1 heterocycles. The summed E-state index contributed by atoms with van der Waals surface area (Å²) in [6.07, 6.45) is 0. The minimum atomic E-state index is 0.111. The lowest BCUT2D eigenvalue weighted by molar-refractivity contribution is 0.291. The Labute approximate surface area is 77.3 Å². The summed E-state index contributed by atoms with van der Waals surface area (Å²) in [5, 5.41) is 0.720. The summed E-state index contributed by atoms with van der Waals surface area (Å²) < 4.78 is 5.51. The number of ether oxygens (including phenoxy) is 1. The Morgan fingerprint density at radius 3 is 2.83 bits per heavy atom. The van der Waals surface area contributed by atoms with Gasteiger partial charge in [0.2, 0.25) is 0 Å². The summed E-state index contributed by atoms with van der Waals surface area (Å²) in [6.45, 7) is 5.05. The Balaban J connectivity index is 2.61. The average Bonchev–Trinajstić information content (AvgIpc) is 2.30. The normalized spacial score (nSPS) is 18.6. The molecule has 1 aromatic rings. The highest BCUT2D eigenvalue weighted by atomic mass is 35.5. The first kappa shape index (κ1) is 7.93. The highest BCUT2D eigenvalue weighted by molar-refractivity contribution is 6.32. The third-order valence-corrected chi connectivity index (χ3v) is 2.57. The second-order valence-corrected chi connectivity index (χ2v) is 4.20. The fourth-order valence-corrected chi connectivity index (χ4v) is 1.75. The lowest BCUT2D eigenvalue weighted by Crippen LogP contribution is -2.18. The van der Waals surface area contributed by atoms with E-state index in [1.165, 1.54) is 5.56 Å². The molecule has 0 atom stereocenters. The van der Waals surface area contributed by atoms with Gasteiger partial charge < -0.3 is 4.74 Å². The van der Waals surface area contributed by atoms with Crippen LogP contribution >= 0.6 is 11.6 Å². The standard InChI is InChI=1S/C10H11ClO/c1-10(2)6-12-9-7(10)4-3-5-8(9)11/h3-5H,6H2,1-2H3. The van der Waals surface area contributed by atoms with Crippen molar-refractivity contribution in [2.45, 2.75) is 19.3 Å². The van der Waals surface area contributed by atoms with E-state index in [4.69, 9.17) is 16.3 Å². The summed E-state index contributed by atoms with van der Waals surface area (Å²) in [4.78, 5) is 0. The van der Waals surface area contributed by atoms with E-state index in [0.717, 1.165) is 17.4 Å². The molecule has 2 rings (SSSR count). The van der Waals surface area contributed by atoms with Crippen LogP contribution < -0.4 is 4.74 Å². The predicted molar refractivity (Wildman–Crippen MR) is 50.0 cm³/mol. The number of halogens is 1. The van der Waals surface area contributed by atoms with Crippen LogP contribution in [0.5, 0.6) is 5.75 Å². The van der Waals surface area contributed by atoms with E-state index in [0.29, 0.717) is 0 Å². The van der Waals surface area contributed by atoms with Gasteiger partial charge in [-0.2, -0.15) is 0 Å². The second kappa shape index (κ2) is 2.40. The molecule has 0 N–H and O–H groups in total. The van der Waals surface area contributed by atoms with Crippen LogP contribution in [0.4, 0.5) is 0 Å². The third-order valence-electron chi connectivity index (χ3n) is 2.27. The molecule has 0 unspecified atom stereocenters. The maximum atomic E-state index is 5.97. The van der Waals surface area contributed by atoms with Gasteiger partial charge in [-0.15, -0.1) is 0 Å². The lowest BCUT2D eigenvalue weighted by Gasteiger charge is -2.14. The molecule has 1 aliphatic rings. The summed E-state index contributed by atoms with van der Waals surface area (Å²) in [5.74, 6) is 0.865. The molecule has 0 fully saturated rings. The summed E-state index contributed by atoms with van der Waals surface area (Å²) in [6, 6.07) is 5.91. The Kier molecular flexibility index (Phi) is 1.58. The van der Waals surface area contributed by atoms with Crippen molar-refractivity contribution in [3.8, 4) is 5.75 Å². The Bertz CT molecular complexity index is 318. The average molecular weight is 183 g/mol. The predicted octanol–water partition coefficient (Wildman–Crippen LogP) is 3.01. The maximum absolute atomic E-state index is 5.97. The lowest BCUT2D eigenvalue weighted by atomic mass is 9.87. The molecule has 0 aliphatic carbocycles. The van der Waals surface area contributed by atoms with E-state index >= 15 is 0 Å². The van der Waals surface area contributed by atoms with Gasteiger partial charge in [0.1, 0.15) is 5.75 Å². The van der Waals surface area contributed by atoms with Crippen molar-refractivity contribution in [1.82, 2.24) is 0 Å². The van der Waals surface area contributed by atoms with Crippen LogP contribution in [-0.2, 0) is 5.41 Å². The van der Waals surface area contributed by atoms with Gasteiger partial charge in [-0.05, 0) is 6.07 Å². The molecule has 0 saturated heterocycles. The minimum Gasteiger partial charge on any atom is -0.491 e. The van der Waals surface area contributed by atoms with Crippen molar-refractivity contribution in [2.75, 3.05) is 6.61 Å². The third kappa shape index (κ3) is 1.00. The van der Waals surface area contributed by atoms with E-state index in [1.54, 1.807) is 0 Å². The van der Waals surface area contributed by atoms with Gasteiger partial charge in [-0.1, -0.05) is 37.6 Å². The number of benzene rings is 1. The number of para-hydroxylation sites is 1. The number of fused-ring (bicyclic) bond motifs is 1. The molecule has 0 amide bonds. The smallest absolute Gasteiger partial charge is 0.141 e. The van der Waals surface area contributed by atoms with Gasteiger partial charge in [0, 0.05) is 11.0 Å². The molecule has 64 valence electrons. The van der Waals surface area contributed by atoms with Crippen LogP contribution in [0, 0.1) is 0 Å². The topological polar surface area (TPSA) is 9.23 Å². The molecule has 1 nitrogen and oxygen atoms in total. The van der Waals surface area contributed by atoms with Crippen LogP contribution in [-0.4, -0.2) is 6.61 Å². The molecule has 0 radical (unpaired) electrons. The van der Waals surface area contributed by atoms with Gasteiger partial charge in [0.15, 0.2) is 0 Å². The van der Waals surface area contributed by atoms with Crippen molar-refractivity contribution in [3.05, 3.63) is 28.8 Å². The Morgan fingerprint density at radius 1 is 1.42 bits per heavy atom. The van der Waals surface area contributed by atoms with Gasteiger partial charge >= 0.3 is 0 Å². The van der Waals surface area contributed by atoms with Crippen LogP contribution in [0.1, 0.15) is 19.4 Å². The highest BCUT2D eigenvalue weighted by Crippen LogP contribution is 2.42. The molecule has 2 heteroatoms. The molecule has 1 aromatic carbocycles. The fourth-order valence-electron chi connectivity index (χ4n) is 1.52. The summed E-state index contributed by atoms with van der Waals surface area (Å²) >= 11 is 5.97. The van der Waals surface area contributed by atoms with Gasteiger partial charge in [-0.3, -0.25) is 0 Å². The van der Waals surface area contributed by atoms with Crippen LogP contribution in [0.15, 0.2) is 18.2 Å². The van der Waals surface area contributed by atoms with Gasteiger partial charge in [0.25, 0.3) is 0 Å². The number of hydrogen-bond acceptors (Lipinski definition) is 1. The highest BCUT2D eigenvalue weighted by Gasteiger charge is 2.32. The van der Waals surface area contributed by atoms with Crippen molar-refractivity contribution in [3.63, 3.8) is 0 Å². The molecule has 1 aliphatic heterocycles. The summed E-state index contributed by atoms with van der Waals surface area (Å²) in [7, 11) is 0. The zero-order chi connectivity index (χ0) is 8.77. The maximum Gasteiger partial charge on any atom is 0.141 e. The van der Waals surface area contributed by atoms with Crippen LogP contribution in [0.2, 0.25) is 5.02 Å². The summed E-state index contributed by atoms with van der Waals surface area (Å²) in [5.41, 5.74) is 1.33. The van der Waals surface area contributed by atoms with E-state index in [9.17, 15) is 0 Å². The van der Waals surface area contributed by atoms with Crippen molar-refractivity contribution >= 4 is 11.6 Å². The largest absolute Gasteiger partial charge is 0.491 e. The first-order valence-corrected chi connectivity index (χ1v) is 4.41. The van der Waals surface area contributed by atoms with E-state index < -0.39 is 0 Å². The van der Waals surface area contributed by atoms with Crippen LogP contribution in [0.3, 0.4) is 0 Å². The molecule has 12 heavy (non-hydrogen) atoms.